The third kappa shape index (κ3) is 3.97. The van der Waals surface area contributed by atoms with Gasteiger partial charge in [-0.25, -0.2) is 4.98 Å². The lowest BCUT2D eigenvalue weighted by atomic mass is 10.1. The monoisotopic (exact) mass is 415 g/mol. The van der Waals surface area contributed by atoms with Gasteiger partial charge in [0.2, 0.25) is 11.5 Å². The molecule has 3 aromatic rings. The summed E-state index contributed by atoms with van der Waals surface area (Å²) in [6, 6.07) is 10.7. The van der Waals surface area contributed by atoms with Crippen LogP contribution >= 0.6 is 11.3 Å². The van der Waals surface area contributed by atoms with E-state index in [-0.39, 0.29) is 22.8 Å². The maximum absolute atomic E-state index is 12.8. The number of methoxy groups -OCH3 is 3. The number of nitro groups is 1. The first-order valence-corrected chi connectivity index (χ1v) is 9.17. The minimum Gasteiger partial charge on any atom is -0.493 e. The molecule has 0 saturated carbocycles. The number of carbonyl (C=O) groups is 1. The number of nitro benzene ring substituents is 1. The summed E-state index contributed by atoms with van der Waals surface area (Å²) in [6.07, 6.45) is 0. The second-order valence-electron chi connectivity index (χ2n) is 5.66. The molecule has 0 atom stereocenters. The molecule has 0 bridgehead atoms. The van der Waals surface area contributed by atoms with Gasteiger partial charge < -0.3 is 14.2 Å². The highest BCUT2D eigenvalue weighted by molar-refractivity contribution is 7.14. The summed E-state index contributed by atoms with van der Waals surface area (Å²) in [4.78, 5) is 28.1. The molecule has 1 amide bonds. The average molecular weight is 415 g/mol. The summed E-state index contributed by atoms with van der Waals surface area (Å²) in [5.74, 6) is -0.765. The van der Waals surface area contributed by atoms with Gasteiger partial charge in [-0.05, 0) is 0 Å². The number of nitrogens with one attached hydrogen (secondary N) is 1. The van der Waals surface area contributed by atoms with Crippen molar-refractivity contribution in [1.82, 2.24) is 4.98 Å². The molecule has 0 radical (unpaired) electrons. The summed E-state index contributed by atoms with van der Waals surface area (Å²) < 4.78 is 15.5. The lowest BCUT2D eigenvalue weighted by molar-refractivity contribution is -0.386. The Kier molecular flexibility index (Phi) is 5.93. The maximum atomic E-state index is 12.8. The van der Waals surface area contributed by atoms with Crippen LogP contribution < -0.4 is 19.5 Å². The Morgan fingerprint density at radius 1 is 1.10 bits per heavy atom. The van der Waals surface area contributed by atoms with Gasteiger partial charge in [0.25, 0.3) is 5.91 Å². The smallest absolute Gasteiger partial charge is 0.327 e. The number of thiazole rings is 1. The first-order valence-electron chi connectivity index (χ1n) is 8.29. The first kappa shape index (κ1) is 20.1. The fourth-order valence-corrected chi connectivity index (χ4v) is 3.45. The molecule has 29 heavy (non-hydrogen) atoms. The molecule has 3 rings (SSSR count). The van der Waals surface area contributed by atoms with Crippen LogP contribution in [0.3, 0.4) is 0 Å². The van der Waals surface area contributed by atoms with E-state index in [0.29, 0.717) is 10.8 Å². The molecule has 9 nitrogen and oxygen atoms in total. The number of ether oxygens (including phenoxy) is 3. The Hall–Kier alpha value is -3.66. The summed E-state index contributed by atoms with van der Waals surface area (Å²) in [5, 5.41) is 16.3. The van der Waals surface area contributed by atoms with E-state index < -0.39 is 16.5 Å². The molecule has 2 aromatic carbocycles. The third-order valence-corrected chi connectivity index (χ3v) is 4.78. The molecule has 150 valence electrons. The van der Waals surface area contributed by atoms with Gasteiger partial charge in [0.1, 0.15) is 5.56 Å². The molecule has 1 N–H and O–H groups in total. The molecule has 0 spiro atoms. The lowest BCUT2D eigenvalue weighted by Gasteiger charge is -2.14. The molecule has 0 saturated heterocycles. The lowest BCUT2D eigenvalue weighted by Crippen LogP contribution is -2.15. The Labute approximate surface area is 170 Å². The van der Waals surface area contributed by atoms with Crippen LogP contribution in [0.15, 0.2) is 41.8 Å². The topological polar surface area (TPSA) is 113 Å². The fourth-order valence-electron chi connectivity index (χ4n) is 2.73. The Bertz CT molecular complexity index is 1050. The van der Waals surface area contributed by atoms with Gasteiger partial charge in [-0.1, -0.05) is 30.3 Å². The molecular formula is C19H17N3O6S. The maximum Gasteiger partial charge on any atom is 0.327 e. The SMILES string of the molecule is COc1cc(C(=O)Nc2nc(-c3ccccc3)cs2)c([N+](=O)[O-])c(OC)c1OC. The molecule has 1 aromatic heterocycles. The van der Waals surface area contributed by atoms with Crippen molar-refractivity contribution in [1.29, 1.82) is 0 Å². The van der Waals surface area contributed by atoms with Crippen molar-refractivity contribution >= 4 is 28.1 Å². The number of rotatable bonds is 7. The van der Waals surface area contributed by atoms with Crippen LogP contribution in [0.4, 0.5) is 10.8 Å². The highest BCUT2D eigenvalue weighted by Crippen LogP contribution is 2.46. The Morgan fingerprint density at radius 3 is 2.38 bits per heavy atom. The number of hydrogen-bond acceptors (Lipinski definition) is 8. The van der Waals surface area contributed by atoms with E-state index in [1.54, 1.807) is 5.38 Å². The van der Waals surface area contributed by atoms with Crippen LogP contribution in [0.2, 0.25) is 0 Å². The van der Waals surface area contributed by atoms with Gasteiger partial charge >= 0.3 is 5.69 Å². The first-order chi connectivity index (χ1) is 14.0. The van der Waals surface area contributed by atoms with E-state index in [9.17, 15) is 14.9 Å². The van der Waals surface area contributed by atoms with E-state index in [1.807, 2.05) is 30.3 Å². The van der Waals surface area contributed by atoms with Gasteiger partial charge in [0.15, 0.2) is 10.9 Å². The molecule has 0 aliphatic heterocycles. The number of anilines is 1. The molecule has 0 aliphatic rings. The minimum atomic E-state index is -0.718. The quantitative estimate of drug-likeness (QED) is 0.458. The minimum absolute atomic E-state index is 0.0267. The van der Waals surface area contributed by atoms with Crippen molar-refractivity contribution < 1.29 is 23.9 Å². The highest BCUT2D eigenvalue weighted by atomic mass is 32.1. The van der Waals surface area contributed by atoms with Gasteiger partial charge in [0.05, 0.1) is 31.9 Å². The van der Waals surface area contributed by atoms with E-state index in [4.69, 9.17) is 14.2 Å². The normalized spacial score (nSPS) is 10.3. The molecule has 0 fully saturated rings. The third-order valence-electron chi connectivity index (χ3n) is 4.03. The van der Waals surface area contributed by atoms with Gasteiger partial charge in [-0.2, -0.15) is 0 Å². The number of nitrogens with zero attached hydrogens (tertiary/aromatic N) is 2. The van der Waals surface area contributed by atoms with Crippen LogP contribution in [-0.2, 0) is 0 Å². The van der Waals surface area contributed by atoms with Crippen molar-refractivity contribution in [2.75, 3.05) is 26.6 Å². The second kappa shape index (κ2) is 8.57. The number of carbonyl (C=O) groups excluding carboxylic acids is 1. The number of benzene rings is 2. The summed E-state index contributed by atoms with van der Waals surface area (Å²) in [6.45, 7) is 0. The predicted molar refractivity (Wildman–Crippen MR) is 108 cm³/mol. The highest BCUT2D eigenvalue weighted by Gasteiger charge is 2.32. The molecule has 0 aliphatic carbocycles. The number of aromatic nitrogens is 1. The van der Waals surface area contributed by atoms with Crippen LogP contribution in [0, 0.1) is 10.1 Å². The molecular weight excluding hydrogens is 398 g/mol. The Morgan fingerprint density at radius 2 is 1.79 bits per heavy atom. The summed E-state index contributed by atoms with van der Waals surface area (Å²) >= 11 is 1.21. The van der Waals surface area contributed by atoms with Gasteiger partial charge in [-0.15, -0.1) is 11.3 Å². The number of amides is 1. The zero-order chi connectivity index (χ0) is 21.0. The summed E-state index contributed by atoms with van der Waals surface area (Å²) in [7, 11) is 3.93. The average Bonchev–Trinajstić information content (AvgIpc) is 3.20. The molecule has 10 heteroatoms. The second-order valence-corrected chi connectivity index (χ2v) is 6.51. The van der Waals surface area contributed by atoms with Crippen molar-refractivity contribution in [3.05, 3.63) is 57.5 Å². The van der Waals surface area contributed by atoms with Crippen molar-refractivity contribution in [3.63, 3.8) is 0 Å². The van der Waals surface area contributed by atoms with Crippen molar-refractivity contribution in [2.24, 2.45) is 0 Å². The van der Waals surface area contributed by atoms with E-state index in [2.05, 4.69) is 10.3 Å². The molecule has 1 heterocycles. The predicted octanol–water partition coefficient (Wildman–Crippen LogP) is 4.00. The Balaban J connectivity index is 1.99. The van der Waals surface area contributed by atoms with E-state index in [1.165, 1.54) is 38.7 Å². The standard InChI is InChI=1S/C19H17N3O6S/c1-26-14-9-12(15(22(24)25)17(28-3)16(14)27-2)18(23)21-19-20-13(10-29-19)11-7-5-4-6-8-11/h4-10H,1-3H3,(H,20,21,23). The van der Waals surface area contributed by atoms with E-state index >= 15 is 0 Å². The zero-order valence-corrected chi connectivity index (χ0v) is 16.6. The largest absolute Gasteiger partial charge is 0.493 e. The summed E-state index contributed by atoms with van der Waals surface area (Å²) in [5.41, 5.74) is 0.816. The van der Waals surface area contributed by atoms with Gasteiger partial charge in [-0.3, -0.25) is 20.2 Å². The van der Waals surface area contributed by atoms with Crippen molar-refractivity contribution in [2.45, 2.75) is 0 Å². The van der Waals surface area contributed by atoms with Crippen LogP contribution in [0.1, 0.15) is 10.4 Å². The van der Waals surface area contributed by atoms with Crippen LogP contribution in [0.5, 0.6) is 17.2 Å². The fraction of sp³-hybridized carbons (Fsp3) is 0.158. The zero-order valence-electron chi connectivity index (χ0n) is 15.8. The van der Waals surface area contributed by atoms with E-state index in [0.717, 1.165) is 5.56 Å². The van der Waals surface area contributed by atoms with Crippen LogP contribution in [-0.4, -0.2) is 37.1 Å². The van der Waals surface area contributed by atoms with Gasteiger partial charge in [0, 0.05) is 17.0 Å². The van der Waals surface area contributed by atoms with Crippen molar-refractivity contribution in [3.8, 4) is 28.5 Å². The van der Waals surface area contributed by atoms with Crippen LogP contribution in [0.25, 0.3) is 11.3 Å². The molecule has 0 unspecified atom stereocenters. The number of hydrogen-bond donors (Lipinski definition) is 1.